The number of fused-ring (bicyclic) bond motifs is 1. The van der Waals surface area contributed by atoms with Crippen LogP contribution in [0.1, 0.15) is 5.82 Å². The van der Waals surface area contributed by atoms with E-state index >= 15 is 0 Å². The fourth-order valence-corrected chi connectivity index (χ4v) is 2.98. The summed E-state index contributed by atoms with van der Waals surface area (Å²) >= 11 is 0. The second kappa shape index (κ2) is 6.37. The number of aromatic nitrogens is 4. The largest absolute Gasteiger partial charge is 0.383 e. The fourth-order valence-electron chi connectivity index (χ4n) is 2.98. The summed E-state index contributed by atoms with van der Waals surface area (Å²) < 4.78 is 0. The summed E-state index contributed by atoms with van der Waals surface area (Å²) in [6.07, 6.45) is 3.56. The number of nitrogens with two attached hydrogens (primary N) is 1. The van der Waals surface area contributed by atoms with Gasteiger partial charge in [-0.25, -0.2) is 19.9 Å². The second-order valence-corrected chi connectivity index (χ2v) is 5.85. The van der Waals surface area contributed by atoms with Crippen LogP contribution in [0.3, 0.4) is 0 Å². The van der Waals surface area contributed by atoms with Gasteiger partial charge in [0.2, 0.25) is 5.95 Å². The van der Waals surface area contributed by atoms with Crippen LogP contribution < -0.4 is 10.6 Å². The maximum atomic E-state index is 6.07. The van der Waals surface area contributed by atoms with Crippen LogP contribution >= 0.6 is 0 Å². The predicted molar refractivity (Wildman–Crippen MR) is 93.5 cm³/mol. The van der Waals surface area contributed by atoms with Crippen LogP contribution in [0.4, 0.5) is 11.8 Å². The average Bonchev–Trinajstić information content (AvgIpc) is 2.63. The first-order chi connectivity index (χ1) is 11.8. The molecule has 0 aliphatic carbocycles. The van der Waals surface area contributed by atoms with E-state index in [4.69, 9.17) is 5.73 Å². The molecular formula is C17H19N7. The summed E-state index contributed by atoms with van der Waals surface area (Å²) in [7, 11) is 0. The number of hydrogen-bond donors (Lipinski definition) is 1. The Morgan fingerprint density at radius 1 is 0.917 bits per heavy atom. The lowest BCUT2D eigenvalue weighted by atomic mass is 10.2. The van der Waals surface area contributed by atoms with Gasteiger partial charge in [-0.15, -0.1) is 0 Å². The number of benzene rings is 1. The van der Waals surface area contributed by atoms with Gasteiger partial charge in [0.15, 0.2) is 0 Å². The third kappa shape index (κ3) is 2.98. The van der Waals surface area contributed by atoms with Gasteiger partial charge in [0.1, 0.15) is 11.6 Å². The lowest BCUT2D eigenvalue weighted by molar-refractivity contribution is 0.243. The van der Waals surface area contributed by atoms with Crippen LogP contribution in [0.2, 0.25) is 0 Å². The number of hydrogen-bond acceptors (Lipinski definition) is 7. The highest BCUT2D eigenvalue weighted by Gasteiger charge is 2.19. The van der Waals surface area contributed by atoms with Crippen molar-refractivity contribution >= 4 is 22.7 Å². The van der Waals surface area contributed by atoms with E-state index in [1.54, 1.807) is 12.4 Å². The molecule has 0 unspecified atom stereocenters. The van der Waals surface area contributed by atoms with E-state index in [2.05, 4.69) is 29.7 Å². The lowest BCUT2D eigenvalue weighted by Crippen LogP contribution is -2.46. The molecule has 1 saturated heterocycles. The molecule has 1 aliphatic heterocycles. The Morgan fingerprint density at radius 2 is 1.67 bits per heavy atom. The van der Waals surface area contributed by atoms with Crippen molar-refractivity contribution in [2.45, 2.75) is 6.54 Å². The minimum absolute atomic E-state index is 0.548. The summed E-state index contributed by atoms with van der Waals surface area (Å²) in [5.41, 5.74) is 6.97. The lowest BCUT2D eigenvalue weighted by Gasteiger charge is -2.34. The quantitative estimate of drug-likeness (QED) is 0.779. The van der Waals surface area contributed by atoms with Gasteiger partial charge in [-0.3, -0.25) is 4.90 Å². The number of piperazine rings is 1. The van der Waals surface area contributed by atoms with Crippen molar-refractivity contribution in [2.75, 3.05) is 36.8 Å². The van der Waals surface area contributed by atoms with Crippen molar-refractivity contribution < 1.29 is 0 Å². The first-order valence-corrected chi connectivity index (χ1v) is 8.05. The molecule has 3 heterocycles. The molecule has 1 aromatic carbocycles. The van der Waals surface area contributed by atoms with Crippen LogP contribution in [0.15, 0.2) is 42.7 Å². The number of para-hydroxylation sites is 1. The molecule has 1 fully saturated rings. The molecule has 0 spiro atoms. The number of rotatable bonds is 3. The molecule has 4 rings (SSSR count). The molecule has 7 nitrogen and oxygen atoms in total. The number of nitrogen functional groups attached to an aromatic ring is 1. The molecule has 3 aromatic rings. The summed E-state index contributed by atoms with van der Waals surface area (Å²) in [5.74, 6) is 2.12. The van der Waals surface area contributed by atoms with E-state index in [-0.39, 0.29) is 0 Å². The maximum absolute atomic E-state index is 6.07. The first-order valence-electron chi connectivity index (χ1n) is 8.05. The molecule has 122 valence electrons. The minimum atomic E-state index is 0.548. The third-order valence-electron chi connectivity index (χ3n) is 4.25. The molecule has 0 saturated carbocycles. The monoisotopic (exact) mass is 321 g/mol. The summed E-state index contributed by atoms with van der Waals surface area (Å²) in [4.78, 5) is 22.3. The van der Waals surface area contributed by atoms with Gasteiger partial charge >= 0.3 is 0 Å². The molecular weight excluding hydrogens is 302 g/mol. The predicted octanol–water partition coefficient (Wildman–Crippen LogP) is 1.32. The highest BCUT2D eigenvalue weighted by atomic mass is 15.3. The first kappa shape index (κ1) is 14.8. The van der Waals surface area contributed by atoms with Gasteiger partial charge < -0.3 is 10.6 Å². The van der Waals surface area contributed by atoms with Crippen molar-refractivity contribution in [3.05, 3.63) is 48.5 Å². The average molecular weight is 321 g/mol. The Kier molecular flexibility index (Phi) is 3.92. The Labute approximate surface area is 140 Å². The summed E-state index contributed by atoms with van der Waals surface area (Å²) in [6, 6.07) is 9.68. The zero-order chi connectivity index (χ0) is 16.4. The van der Waals surface area contributed by atoms with E-state index in [0.29, 0.717) is 12.4 Å². The van der Waals surface area contributed by atoms with Crippen molar-refractivity contribution in [2.24, 2.45) is 0 Å². The van der Waals surface area contributed by atoms with E-state index in [1.165, 1.54) is 0 Å². The molecule has 7 heteroatoms. The third-order valence-corrected chi connectivity index (χ3v) is 4.25. The molecule has 0 radical (unpaired) electrons. The van der Waals surface area contributed by atoms with Crippen molar-refractivity contribution in [1.82, 2.24) is 24.8 Å². The smallest absolute Gasteiger partial charge is 0.225 e. The topological polar surface area (TPSA) is 84.1 Å². The standard InChI is InChI=1S/C17H19N7/c18-16-13-4-1-2-5-14(13)21-15(22-16)12-23-8-10-24(11-9-23)17-19-6-3-7-20-17/h1-7H,8-12H2,(H2,18,21,22). The van der Waals surface area contributed by atoms with Gasteiger partial charge in [-0.2, -0.15) is 0 Å². The van der Waals surface area contributed by atoms with E-state index in [1.807, 2.05) is 30.3 Å². The zero-order valence-electron chi connectivity index (χ0n) is 13.3. The normalized spacial score (nSPS) is 15.8. The Balaban J connectivity index is 1.44. The number of anilines is 2. The van der Waals surface area contributed by atoms with Gasteiger partial charge in [0.05, 0.1) is 12.1 Å². The highest BCUT2D eigenvalue weighted by Crippen LogP contribution is 2.18. The van der Waals surface area contributed by atoms with E-state index in [0.717, 1.165) is 48.9 Å². The highest BCUT2D eigenvalue weighted by molar-refractivity contribution is 5.87. The van der Waals surface area contributed by atoms with Crippen LogP contribution in [0.25, 0.3) is 10.9 Å². The van der Waals surface area contributed by atoms with E-state index in [9.17, 15) is 0 Å². The van der Waals surface area contributed by atoms with Crippen molar-refractivity contribution in [3.8, 4) is 0 Å². The van der Waals surface area contributed by atoms with Crippen LogP contribution in [-0.2, 0) is 6.54 Å². The second-order valence-electron chi connectivity index (χ2n) is 5.85. The van der Waals surface area contributed by atoms with Crippen LogP contribution in [-0.4, -0.2) is 51.0 Å². The molecule has 2 aromatic heterocycles. The number of nitrogens with zero attached hydrogens (tertiary/aromatic N) is 6. The van der Waals surface area contributed by atoms with Gasteiger partial charge in [-0.1, -0.05) is 12.1 Å². The Morgan fingerprint density at radius 3 is 2.46 bits per heavy atom. The SMILES string of the molecule is Nc1nc(CN2CCN(c3ncccn3)CC2)nc2ccccc12. The van der Waals surface area contributed by atoms with Crippen molar-refractivity contribution in [1.29, 1.82) is 0 Å². The molecule has 0 amide bonds. The molecule has 0 atom stereocenters. The van der Waals surface area contributed by atoms with E-state index < -0.39 is 0 Å². The van der Waals surface area contributed by atoms with Gasteiger partial charge in [0, 0.05) is 44.0 Å². The summed E-state index contributed by atoms with van der Waals surface area (Å²) in [6.45, 7) is 4.35. The molecule has 0 bridgehead atoms. The molecule has 2 N–H and O–H groups in total. The van der Waals surface area contributed by atoms with Gasteiger partial charge in [0.25, 0.3) is 0 Å². The van der Waals surface area contributed by atoms with Crippen molar-refractivity contribution in [3.63, 3.8) is 0 Å². The Bertz CT molecular complexity index is 829. The maximum Gasteiger partial charge on any atom is 0.225 e. The fraction of sp³-hybridized carbons (Fsp3) is 0.294. The minimum Gasteiger partial charge on any atom is -0.383 e. The summed E-state index contributed by atoms with van der Waals surface area (Å²) in [5, 5.41) is 0.910. The van der Waals surface area contributed by atoms with Crippen LogP contribution in [0.5, 0.6) is 0 Å². The zero-order valence-corrected chi connectivity index (χ0v) is 13.3. The van der Waals surface area contributed by atoms with Crippen LogP contribution in [0, 0.1) is 0 Å². The molecule has 1 aliphatic rings. The Hall–Kier alpha value is -2.80. The molecule has 24 heavy (non-hydrogen) atoms. The van der Waals surface area contributed by atoms with Gasteiger partial charge in [-0.05, 0) is 18.2 Å².